The number of aromatic carboxylic acids is 1. The maximum atomic E-state index is 13.4. The Labute approximate surface area is 170 Å². The van der Waals surface area contributed by atoms with Crippen LogP contribution < -0.4 is 11.3 Å². The molecule has 0 atom stereocenters. The van der Waals surface area contributed by atoms with Crippen molar-refractivity contribution in [2.45, 2.75) is 13.3 Å². The van der Waals surface area contributed by atoms with Gasteiger partial charge in [0.2, 0.25) is 0 Å². The number of aryl methyl sites for hydroxylation is 1. The van der Waals surface area contributed by atoms with E-state index in [0.29, 0.717) is 29.0 Å². The molecule has 4 aromatic rings. The van der Waals surface area contributed by atoms with Crippen molar-refractivity contribution in [1.82, 2.24) is 9.78 Å². The molecule has 148 valence electrons. The summed E-state index contributed by atoms with van der Waals surface area (Å²) < 4.78 is 6.47. The number of carbonyl (C=O) groups is 1. The van der Waals surface area contributed by atoms with Crippen molar-refractivity contribution >= 4 is 22.4 Å². The normalized spacial score (nSPS) is 10.8. The number of aromatic nitrogens is 2. The fraction of sp³-hybridized carbons (Fsp3) is 0.0909. The second-order valence-corrected chi connectivity index (χ2v) is 6.54. The summed E-state index contributed by atoms with van der Waals surface area (Å²) in [6, 6.07) is 13.8. The number of para-hydroxylation sites is 1. The number of hydrogen-bond acceptors (Lipinski definition) is 6. The molecule has 0 fully saturated rings. The number of carboxylic acid groups (broad SMARTS) is 1. The first-order valence-electron chi connectivity index (χ1n) is 9.13. The lowest BCUT2D eigenvalue weighted by Crippen LogP contribution is -2.26. The fourth-order valence-electron chi connectivity index (χ4n) is 3.66. The summed E-state index contributed by atoms with van der Waals surface area (Å²) in [5, 5.41) is 23.9. The predicted molar refractivity (Wildman–Crippen MR) is 111 cm³/mol. The van der Waals surface area contributed by atoms with E-state index in [9.17, 15) is 20.0 Å². The highest BCUT2D eigenvalue weighted by Gasteiger charge is 2.27. The van der Waals surface area contributed by atoms with E-state index in [1.165, 1.54) is 6.26 Å². The molecule has 0 unspecified atom stereocenters. The van der Waals surface area contributed by atoms with Gasteiger partial charge in [0.25, 0.3) is 5.56 Å². The average Bonchev–Trinajstić information content (AvgIpc) is 3.28. The third-order valence-electron chi connectivity index (χ3n) is 4.92. The zero-order chi connectivity index (χ0) is 21.4. The van der Waals surface area contributed by atoms with Gasteiger partial charge in [0, 0.05) is 10.9 Å². The fourth-order valence-corrected chi connectivity index (χ4v) is 3.66. The zero-order valence-electron chi connectivity index (χ0n) is 15.9. The van der Waals surface area contributed by atoms with E-state index in [2.05, 4.69) is 11.2 Å². The van der Waals surface area contributed by atoms with Gasteiger partial charge < -0.3 is 15.3 Å². The van der Waals surface area contributed by atoms with E-state index in [4.69, 9.17) is 10.2 Å². The van der Waals surface area contributed by atoms with Crippen LogP contribution in [0.4, 0.5) is 5.69 Å². The van der Waals surface area contributed by atoms with Crippen LogP contribution >= 0.6 is 0 Å². The number of furan rings is 1. The summed E-state index contributed by atoms with van der Waals surface area (Å²) in [7, 11) is 0. The smallest absolute Gasteiger partial charge is 0.357 e. The van der Waals surface area contributed by atoms with Crippen LogP contribution in [0.5, 0.6) is 0 Å². The molecule has 0 aliphatic rings. The van der Waals surface area contributed by atoms with E-state index in [1.54, 1.807) is 49.4 Å². The SMILES string of the molecule is CCc1c(-c2ccco2)c(C#N)c(N)c2c(=O)n(-c3ccccc3)nc(C(=O)O)c12. The minimum absolute atomic E-state index is 0.0463. The zero-order valence-corrected chi connectivity index (χ0v) is 15.9. The van der Waals surface area contributed by atoms with Crippen molar-refractivity contribution in [2.75, 3.05) is 5.73 Å². The molecular formula is C22H16N4O4. The van der Waals surface area contributed by atoms with E-state index in [1.807, 2.05) is 0 Å². The molecule has 0 saturated heterocycles. The molecule has 2 heterocycles. The average molecular weight is 400 g/mol. The van der Waals surface area contributed by atoms with Gasteiger partial charge in [-0.1, -0.05) is 25.1 Å². The van der Waals surface area contributed by atoms with Crippen molar-refractivity contribution in [1.29, 1.82) is 5.26 Å². The lowest BCUT2D eigenvalue weighted by molar-refractivity contribution is 0.0690. The van der Waals surface area contributed by atoms with Gasteiger partial charge in [-0.25, -0.2) is 4.79 Å². The lowest BCUT2D eigenvalue weighted by atomic mass is 9.89. The van der Waals surface area contributed by atoms with Crippen LogP contribution in [0.1, 0.15) is 28.5 Å². The quantitative estimate of drug-likeness (QED) is 0.501. The monoisotopic (exact) mass is 400 g/mol. The van der Waals surface area contributed by atoms with Crippen LogP contribution in [0.15, 0.2) is 57.9 Å². The Morgan fingerprint density at radius 3 is 2.53 bits per heavy atom. The minimum atomic E-state index is -1.31. The summed E-state index contributed by atoms with van der Waals surface area (Å²) in [4.78, 5) is 25.5. The lowest BCUT2D eigenvalue weighted by Gasteiger charge is -2.17. The highest BCUT2D eigenvalue weighted by Crippen LogP contribution is 2.39. The van der Waals surface area contributed by atoms with Crippen LogP contribution in [-0.2, 0) is 6.42 Å². The molecule has 0 aliphatic heterocycles. The van der Waals surface area contributed by atoms with Crippen molar-refractivity contribution in [3.63, 3.8) is 0 Å². The number of hydrogen-bond donors (Lipinski definition) is 2. The number of benzene rings is 2. The second kappa shape index (κ2) is 7.22. The van der Waals surface area contributed by atoms with Gasteiger partial charge in [-0.2, -0.15) is 15.0 Å². The first kappa shape index (κ1) is 19.0. The number of fused-ring (bicyclic) bond motifs is 1. The number of nitrogens with zero attached hydrogens (tertiary/aromatic N) is 3. The van der Waals surface area contributed by atoms with Crippen LogP contribution in [0.2, 0.25) is 0 Å². The van der Waals surface area contributed by atoms with Gasteiger partial charge >= 0.3 is 5.97 Å². The molecule has 4 rings (SSSR count). The van der Waals surface area contributed by atoms with Crippen molar-refractivity contribution in [2.24, 2.45) is 0 Å². The molecular weight excluding hydrogens is 384 g/mol. The standard InChI is InChI=1S/C22H16N4O4/c1-2-13-16(15-9-6-10-30-15)14(11-23)19(24)18-17(13)20(22(28)29)25-26(21(18)27)12-7-4-3-5-8-12/h3-10H,2,24H2,1H3,(H,28,29). The molecule has 30 heavy (non-hydrogen) atoms. The van der Waals surface area contributed by atoms with E-state index in [-0.39, 0.29) is 27.7 Å². The summed E-state index contributed by atoms with van der Waals surface area (Å²) in [5.74, 6) is -0.950. The number of carboxylic acids is 1. The molecule has 0 saturated carbocycles. The van der Waals surface area contributed by atoms with Crippen LogP contribution in [0.25, 0.3) is 27.8 Å². The Morgan fingerprint density at radius 2 is 1.97 bits per heavy atom. The molecule has 0 spiro atoms. The number of anilines is 1. The molecule has 2 aromatic heterocycles. The molecule has 0 amide bonds. The van der Waals surface area contributed by atoms with Gasteiger partial charge in [0.05, 0.1) is 28.6 Å². The van der Waals surface area contributed by atoms with Crippen molar-refractivity contribution < 1.29 is 14.3 Å². The minimum Gasteiger partial charge on any atom is -0.476 e. The number of nitriles is 1. The Hall–Kier alpha value is -4.38. The summed E-state index contributed by atoms with van der Waals surface area (Å²) in [6.07, 6.45) is 1.78. The van der Waals surface area contributed by atoms with Crippen LogP contribution in [0, 0.1) is 11.3 Å². The number of nitrogen functional groups attached to an aromatic ring is 1. The summed E-state index contributed by atoms with van der Waals surface area (Å²) in [6.45, 7) is 1.80. The summed E-state index contributed by atoms with van der Waals surface area (Å²) >= 11 is 0. The van der Waals surface area contributed by atoms with Crippen LogP contribution in [-0.4, -0.2) is 20.9 Å². The Bertz CT molecular complexity index is 1380. The second-order valence-electron chi connectivity index (χ2n) is 6.54. The Balaban J connectivity index is 2.28. The highest BCUT2D eigenvalue weighted by molar-refractivity contribution is 6.10. The Morgan fingerprint density at radius 1 is 1.23 bits per heavy atom. The molecule has 0 radical (unpaired) electrons. The number of rotatable bonds is 4. The molecule has 8 nitrogen and oxygen atoms in total. The molecule has 8 heteroatoms. The topological polar surface area (TPSA) is 135 Å². The van der Waals surface area contributed by atoms with Crippen molar-refractivity contribution in [3.8, 4) is 23.1 Å². The van der Waals surface area contributed by atoms with Gasteiger partial charge in [-0.15, -0.1) is 0 Å². The van der Waals surface area contributed by atoms with Gasteiger partial charge in [-0.3, -0.25) is 4.79 Å². The molecule has 3 N–H and O–H groups in total. The third-order valence-corrected chi connectivity index (χ3v) is 4.92. The molecule has 0 bridgehead atoms. The van der Waals surface area contributed by atoms with Crippen LogP contribution in [0.3, 0.4) is 0 Å². The first-order chi connectivity index (χ1) is 14.5. The summed E-state index contributed by atoms with van der Waals surface area (Å²) in [5.41, 5.74) is 6.54. The Kier molecular flexibility index (Phi) is 4.56. The van der Waals surface area contributed by atoms with E-state index in [0.717, 1.165) is 4.68 Å². The molecule has 2 aromatic carbocycles. The van der Waals surface area contributed by atoms with Crippen molar-refractivity contribution in [3.05, 3.63) is 75.9 Å². The third kappa shape index (κ3) is 2.72. The predicted octanol–water partition coefficient (Wildman–Crippen LogP) is 3.36. The van der Waals surface area contributed by atoms with E-state index < -0.39 is 11.5 Å². The maximum Gasteiger partial charge on any atom is 0.357 e. The van der Waals surface area contributed by atoms with Gasteiger partial charge in [0.15, 0.2) is 5.69 Å². The van der Waals surface area contributed by atoms with Gasteiger partial charge in [0.1, 0.15) is 11.8 Å². The number of nitrogens with two attached hydrogens (primary N) is 1. The first-order valence-corrected chi connectivity index (χ1v) is 9.13. The van der Waals surface area contributed by atoms with Gasteiger partial charge in [-0.05, 0) is 36.2 Å². The van der Waals surface area contributed by atoms with E-state index >= 15 is 0 Å². The largest absolute Gasteiger partial charge is 0.476 e. The highest BCUT2D eigenvalue weighted by atomic mass is 16.4. The maximum absolute atomic E-state index is 13.4. The molecule has 0 aliphatic carbocycles.